The number of carbonyl (C=O) groups excluding carboxylic acids is 1. The molecular weight excluding hydrogens is 234 g/mol. The first kappa shape index (κ1) is 13.2. The second-order valence-corrected chi connectivity index (χ2v) is 4.75. The van der Waals surface area contributed by atoms with Gasteiger partial charge in [0.25, 0.3) is 0 Å². The van der Waals surface area contributed by atoms with E-state index < -0.39 is 0 Å². The van der Waals surface area contributed by atoms with Crippen LogP contribution in [0.4, 0.5) is 0 Å². The highest BCUT2D eigenvalue weighted by Crippen LogP contribution is 2.15. The Morgan fingerprint density at radius 1 is 1.05 bits per heavy atom. The molecule has 0 spiro atoms. The maximum Gasteiger partial charge on any atom is 0.185 e. The lowest BCUT2D eigenvalue weighted by Crippen LogP contribution is -1.95. The number of hydrogen-bond acceptors (Lipinski definition) is 2. The van der Waals surface area contributed by atoms with Gasteiger partial charge >= 0.3 is 0 Å². The molecule has 0 aliphatic rings. The molecule has 2 nitrogen and oxygen atoms in total. The third kappa shape index (κ3) is 3.62. The third-order valence-corrected chi connectivity index (χ3v) is 3.00. The van der Waals surface area contributed by atoms with Crippen molar-refractivity contribution in [3.8, 4) is 0 Å². The van der Waals surface area contributed by atoms with Crippen molar-refractivity contribution in [3.63, 3.8) is 0 Å². The average molecular weight is 251 g/mol. The van der Waals surface area contributed by atoms with E-state index in [9.17, 15) is 4.79 Å². The number of allylic oxidation sites excluding steroid dienone is 1. The molecule has 0 aliphatic carbocycles. The van der Waals surface area contributed by atoms with E-state index in [1.165, 1.54) is 5.56 Å². The predicted molar refractivity (Wildman–Crippen MR) is 78.1 cm³/mol. The SMILES string of the molecule is CC(C)c1ccc(C(=O)C=Cc2ccncc2)cc1. The summed E-state index contributed by atoms with van der Waals surface area (Å²) in [7, 11) is 0. The van der Waals surface area contributed by atoms with Gasteiger partial charge < -0.3 is 0 Å². The van der Waals surface area contributed by atoms with Crippen LogP contribution < -0.4 is 0 Å². The van der Waals surface area contributed by atoms with Crippen LogP contribution in [0, 0.1) is 0 Å². The molecule has 19 heavy (non-hydrogen) atoms. The van der Waals surface area contributed by atoms with Gasteiger partial charge in [-0.3, -0.25) is 9.78 Å². The second kappa shape index (κ2) is 6.10. The lowest BCUT2D eigenvalue weighted by molar-refractivity contribution is 0.104. The molecule has 2 heteroatoms. The summed E-state index contributed by atoms with van der Waals surface area (Å²) in [5.41, 5.74) is 2.94. The van der Waals surface area contributed by atoms with Gasteiger partial charge in [-0.25, -0.2) is 0 Å². The van der Waals surface area contributed by atoms with Crippen molar-refractivity contribution >= 4 is 11.9 Å². The average Bonchev–Trinajstić information content (AvgIpc) is 2.46. The number of benzene rings is 1. The Hall–Kier alpha value is -2.22. The second-order valence-electron chi connectivity index (χ2n) is 4.75. The molecule has 2 aromatic rings. The molecule has 96 valence electrons. The van der Waals surface area contributed by atoms with Gasteiger partial charge in [0.05, 0.1) is 0 Å². The number of pyridine rings is 1. The van der Waals surface area contributed by atoms with Gasteiger partial charge in [0.1, 0.15) is 0 Å². The first-order valence-electron chi connectivity index (χ1n) is 6.39. The molecule has 2 rings (SSSR count). The fraction of sp³-hybridized carbons (Fsp3) is 0.176. The Balaban J connectivity index is 2.10. The van der Waals surface area contributed by atoms with Gasteiger partial charge in [0, 0.05) is 18.0 Å². The normalized spacial score (nSPS) is 11.1. The van der Waals surface area contributed by atoms with Crippen molar-refractivity contribution in [1.29, 1.82) is 0 Å². The Bertz CT molecular complexity index is 568. The van der Waals surface area contributed by atoms with Crippen LogP contribution in [0.5, 0.6) is 0 Å². The van der Waals surface area contributed by atoms with E-state index in [2.05, 4.69) is 18.8 Å². The summed E-state index contributed by atoms with van der Waals surface area (Å²) in [6, 6.07) is 11.5. The molecule has 1 aromatic carbocycles. The molecule has 0 aliphatic heterocycles. The Labute approximate surface area is 113 Å². The number of rotatable bonds is 4. The largest absolute Gasteiger partial charge is 0.289 e. The van der Waals surface area contributed by atoms with Crippen molar-refractivity contribution in [1.82, 2.24) is 4.98 Å². The summed E-state index contributed by atoms with van der Waals surface area (Å²) >= 11 is 0. The first-order chi connectivity index (χ1) is 9.16. The van der Waals surface area contributed by atoms with Gasteiger partial charge in [0.15, 0.2) is 5.78 Å². The van der Waals surface area contributed by atoms with Gasteiger partial charge in [-0.1, -0.05) is 44.2 Å². The maximum absolute atomic E-state index is 12.0. The number of hydrogen-bond donors (Lipinski definition) is 0. The molecule has 0 fully saturated rings. The number of aromatic nitrogens is 1. The quantitative estimate of drug-likeness (QED) is 0.605. The van der Waals surface area contributed by atoms with Crippen molar-refractivity contribution in [2.45, 2.75) is 19.8 Å². The maximum atomic E-state index is 12.0. The van der Waals surface area contributed by atoms with Gasteiger partial charge in [-0.05, 0) is 35.3 Å². The summed E-state index contributed by atoms with van der Waals surface area (Å²) in [5, 5.41) is 0. The highest BCUT2D eigenvalue weighted by atomic mass is 16.1. The molecular formula is C17H17NO. The fourth-order valence-electron chi connectivity index (χ4n) is 1.77. The smallest absolute Gasteiger partial charge is 0.185 e. The topological polar surface area (TPSA) is 30.0 Å². The zero-order valence-corrected chi connectivity index (χ0v) is 11.2. The van der Waals surface area contributed by atoms with Crippen LogP contribution in [-0.4, -0.2) is 10.8 Å². The highest BCUT2D eigenvalue weighted by molar-refractivity contribution is 6.06. The van der Waals surface area contributed by atoms with Crippen molar-refractivity contribution in [3.05, 3.63) is 71.6 Å². The Morgan fingerprint density at radius 2 is 1.68 bits per heavy atom. The number of nitrogens with zero attached hydrogens (tertiary/aromatic N) is 1. The van der Waals surface area contributed by atoms with E-state index in [1.54, 1.807) is 24.5 Å². The van der Waals surface area contributed by atoms with Gasteiger partial charge in [0.2, 0.25) is 0 Å². The molecule has 0 atom stereocenters. The van der Waals surface area contributed by atoms with Crippen molar-refractivity contribution in [2.24, 2.45) is 0 Å². The predicted octanol–water partition coefficient (Wildman–Crippen LogP) is 4.10. The minimum atomic E-state index is 0.0205. The van der Waals surface area contributed by atoms with E-state index in [-0.39, 0.29) is 5.78 Å². The van der Waals surface area contributed by atoms with Gasteiger partial charge in [-0.15, -0.1) is 0 Å². The van der Waals surface area contributed by atoms with Crippen LogP contribution in [0.1, 0.15) is 41.3 Å². The van der Waals surface area contributed by atoms with Crippen molar-refractivity contribution < 1.29 is 4.79 Å². The summed E-state index contributed by atoms with van der Waals surface area (Å²) < 4.78 is 0. The minimum absolute atomic E-state index is 0.0205. The molecule has 0 radical (unpaired) electrons. The molecule has 0 bridgehead atoms. The van der Waals surface area contributed by atoms with E-state index in [1.807, 2.05) is 36.4 Å². The zero-order valence-electron chi connectivity index (χ0n) is 11.2. The third-order valence-electron chi connectivity index (χ3n) is 3.00. The van der Waals surface area contributed by atoms with Crippen LogP contribution in [0.2, 0.25) is 0 Å². The van der Waals surface area contributed by atoms with E-state index in [0.717, 1.165) is 11.1 Å². The molecule has 0 amide bonds. The van der Waals surface area contributed by atoms with Gasteiger partial charge in [-0.2, -0.15) is 0 Å². The molecule has 0 N–H and O–H groups in total. The van der Waals surface area contributed by atoms with E-state index in [4.69, 9.17) is 0 Å². The summed E-state index contributed by atoms with van der Waals surface area (Å²) in [5.74, 6) is 0.503. The molecule has 0 saturated heterocycles. The van der Waals surface area contributed by atoms with Crippen LogP contribution in [-0.2, 0) is 0 Å². The van der Waals surface area contributed by atoms with Crippen LogP contribution in [0.15, 0.2) is 54.9 Å². The van der Waals surface area contributed by atoms with E-state index >= 15 is 0 Å². The Kier molecular flexibility index (Phi) is 4.24. The summed E-state index contributed by atoms with van der Waals surface area (Å²) in [4.78, 5) is 15.9. The standard InChI is InChI=1S/C17H17NO/c1-13(2)15-4-6-16(7-5-15)17(19)8-3-14-9-11-18-12-10-14/h3-13H,1-2H3. The first-order valence-corrected chi connectivity index (χ1v) is 6.39. The minimum Gasteiger partial charge on any atom is -0.289 e. The molecule has 0 unspecified atom stereocenters. The Morgan fingerprint density at radius 3 is 2.26 bits per heavy atom. The highest BCUT2D eigenvalue weighted by Gasteiger charge is 2.03. The monoisotopic (exact) mass is 251 g/mol. The number of carbonyl (C=O) groups is 1. The molecule has 1 aromatic heterocycles. The van der Waals surface area contributed by atoms with Crippen molar-refractivity contribution in [2.75, 3.05) is 0 Å². The van der Waals surface area contributed by atoms with Crippen LogP contribution in [0.3, 0.4) is 0 Å². The lowest BCUT2D eigenvalue weighted by Gasteiger charge is -2.05. The summed E-state index contributed by atoms with van der Waals surface area (Å²) in [6.45, 7) is 4.28. The van der Waals surface area contributed by atoms with Crippen LogP contribution >= 0.6 is 0 Å². The lowest BCUT2D eigenvalue weighted by atomic mass is 10.0. The van der Waals surface area contributed by atoms with E-state index in [0.29, 0.717) is 5.92 Å². The fourth-order valence-corrected chi connectivity index (χ4v) is 1.77. The molecule has 0 saturated carbocycles. The molecule has 1 heterocycles. The van der Waals surface area contributed by atoms with Crippen LogP contribution in [0.25, 0.3) is 6.08 Å². The zero-order chi connectivity index (χ0) is 13.7. The number of ketones is 1. The summed E-state index contributed by atoms with van der Waals surface area (Å²) in [6.07, 6.45) is 6.82.